The summed E-state index contributed by atoms with van der Waals surface area (Å²) in [5, 5.41) is 3.49. The number of hydrogen-bond donors (Lipinski definition) is 2. The van der Waals surface area contributed by atoms with Gasteiger partial charge < -0.3 is 11.1 Å². The predicted molar refractivity (Wildman–Crippen MR) is 80.4 cm³/mol. The first-order valence-electron chi connectivity index (χ1n) is 5.88. The van der Waals surface area contributed by atoms with Crippen molar-refractivity contribution in [3.8, 4) is 0 Å². The third-order valence-corrected chi connectivity index (χ3v) is 3.80. The third-order valence-electron chi connectivity index (χ3n) is 2.41. The molecule has 1 aromatic carbocycles. The van der Waals surface area contributed by atoms with Crippen LogP contribution in [0.5, 0.6) is 0 Å². The van der Waals surface area contributed by atoms with Crippen LogP contribution in [0.1, 0.15) is 18.9 Å². The van der Waals surface area contributed by atoms with Gasteiger partial charge in [0, 0.05) is 16.8 Å². The molecule has 3 N–H and O–H groups in total. The van der Waals surface area contributed by atoms with Crippen molar-refractivity contribution in [2.75, 3.05) is 16.8 Å². The zero-order valence-electron chi connectivity index (χ0n) is 10.7. The van der Waals surface area contributed by atoms with Crippen LogP contribution < -0.4 is 11.1 Å². The second-order valence-corrected chi connectivity index (χ2v) is 5.84. The van der Waals surface area contributed by atoms with E-state index in [0.29, 0.717) is 10.8 Å². The molecular formula is C13H19ClN2OS. The lowest BCUT2D eigenvalue weighted by molar-refractivity contribution is -0.113. The van der Waals surface area contributed by atoms with E-state index >= 15 is 0 Å². The van der Waals surface area contributed by atoms with Gasteiger partial charge in [-0.1, -0.05) is 17.7 Å². The van der Waals surface area contributed by atoms with Crippen molar-refractivity contribution in [3.63, 3.8) is 0 Å². The maximum Gasteiger partial charge on any atom is 0.234 e. The van der Waals surface area contributed by atoms with Crippen molar-refractivity contribution in [2.24, 2.45) is 5.73 Å². The zero-order chi connectivity index (χ0) is 13.5. The van der Waals surface area contributed by atoms with Gasteiger partial charge in [-0.05, 0) is 43.7 Å². The molecule has 1 rings (SSSR count). The van der Waals surface area contributed by atoms with Crippen molar-refractivity contribution in [1.29, 1.82) is 0 Å². The second-order valence-electron chi connectivity index (χ2n) is 4.33. The lowest BCUT2D eigenvalue weighted by Gasteiger charge is -2.07. The summed E-state index contributed by atoms with van der Waals surface area (Å²) in [7, 11) is 0. The van der Waals surface area contributed by atoms with Gasteiger partial charge in [0.1, 0.15) is 0 Å². The van der Waals surface area contributed by atoms with Crippen molar-refractivity contribution in [3.05, 3.63) is 28.8 Å². The van der Waals surface area contributed by atoms with Crippen LogP contribution in [0.2, 0.25) is 5.02 Å². The van der Waals surface area contributed by atoms with E-state index in [-0.39, 0.29) is 11.9 Å². The van der Waals surface area contributed by atoms with E-state index in [9.17, 15) is 4.79 Å². The summed E-state index contributed by atoms with van der Waals surface area (Å²) >= 11 is 7.58. The first-order valence-corrected chi connectivity index (χ1v) is 7.41. The highest BCUT2D eigenvalue weighted by Gasteiger charge is 2.04. The van der Waals surface area contributed by atoms with Crippen LogP contribution in [-0.4, -0.2) is 23.5 Å². The molecule has 1 aromatic rings. The second kappa shape index (κ2) is 7.67. The molecule has 0 aliphatic heterocycles. The fraction of sp³-hybridized carbons (Fsp3) is 0.462. The van der Waals surface area contributed by atoms with Crippen molar-refractivity contribution < 1.29 is 4.79 Å². The molecule has 18 heavy (non-hydrogen) atoms. The number of anilines is 1. The van der Waals surface area contributed by atoms with Gasteiger partial charge in [-0.15, -0.1) is 0 Å². The number of aryl methyl sites for hydroxylation is 1. The minimum atomic E-state index is -0.00963. The highest BCUT2D eigenvalue weighted by Crippen LogP contribution is 2.20. The number of rotatable bonds is 6. The monoisotopic (exact) mass is 286 g/mol. The predicted octanol–water partition coefficient (Wildman–Crippen LogP) is 3.06. The summed E-state index contributed by atoms with van der Waals surface area (Å²) in [6.45, 7) is 3.90. The summed E-state index contributed by atoms with van der Waals surface area (Å²) < 4.78 is 0. The number of halogens is 1. The average Bonchev–Trinajstić information content (AvgIpc) is 2.29. The topological polar surface area (TPSA) is 55.1 Å². The molecule has 1 atom stereocenters. The number of thioether (sulfide) groups is 1. The molecule has 0 radical (unpaired) electrons. The van der Waals surface area contributed by atoms with Gasteiger partial charge in [0.05, 0.1) is 5.75 Å². The summed E-state index contributed by atoms with van der Waals surface area (Å²) in [5.74, 6) is 1.34. The molecule has 0 bridgehead atoms. The summed E-state index contributed by atoms with van der Waals surface area (Å²) in [6.07, 6.45) is 0.925. The number of nitrogens with one attached hydrogen (secondary N) is 1. The number of hydrogen-bond acceptors (Lipinski definition) is 3. The van der Waals surface area contributed by atoms with Gasteiger partial charge in [-0.2, -0.15) is 11.8 Å². The molecule has 0 aromatic heterocycles. The van der Waals surface area contributed by atoms with Crippen LogP contribution in [0.3, 0.4) is 0 Å². The van der Waals surface area contributed by atoms with Gasteiger partial charge in [-0.3, -0.25) is 4.79 Å². The molecule has 100 valence electrons. The van der Waals surface area contributed by atoms with Crippen LogP contribution in [0.4, 0.5) is 5.69 Å². The lowest BCUT2D eigenvalue weighted by atomic mass is 10.2. The molecular weight excluding hydrogens is 268 g/mol. The van der Waals surface area contributed by atoms with E-state index in [4.69, 9.17) is 17.3 Å². The molecule has 0 heterocycles. The standard InChI is InChI=1S/C13H19ClN2OS/c1-9-3-4-11(7-12(9)14)16-13(17)8-18-6-5-10(2)15/h3-4,7,10H,5-6,8,15H2,1-2H3,(H,16,17). The minimum absolute atomic E-state index is 0.00963. The minimum Gasteiger partial charge on any atom is -0.328 e. The van der Waals surface area contributed by atoms with Crippen molar-refractivity contribution in [2.45, 2.75) is 26.3 Å². The number of benzene rings is 1. The number of nitrogens with two attached hydrogens (primary N) is 1. The number of carbonyl (C=O) groups excluding carboxylic acids is 1. The zero-order valence-corrected chi connectivity index (χ0v) is 12.3. The Balaban J connectivity index is 2.33. The Labute approximate surface area is 117 Å². The van der Waals surface area contributed by atoms with Gasteiger partial charge in [-0.25, -0.2) is 0 Å². The molecule has 0 spiro atoms. The molecule has 5 heteroatoms. The summed E-state index contributed by atoms with van der Waals surface area (Å²) in [6, 6.07) is 5.70. The van der Waals surface area contributed by atoms with Crippen LogP contribution in [-0.2, 0) is 4.79 Å². The molecule has 0 saturated heterocycles. The highest BCUT2D eigenvalue weighted by molar-refractivity contribution is 7.99. The Kier molecular flexibility index (Phi) is 6.54. The maximum atomic E-state index is 11.6. The Bertz CT molecular complexity index is 410. The smallest absolute Gasteiger partial charge is 0.234 e. The van der Waals surface area contributed by atoms with E-state index in [1.54, 1.807) is 17.8 Å². The van der Waals surface area contributed by atoms with Gasteiger partial charge in [0.2, 0.25) is 5.91 Å². The molecule has 0 aliphatic carbocycles. The first kappa shape index (κ1) is 15.3. The Morgan fingerprint density at radius 3 is 2.89 bits per heavy atom. The van der Waals surface area contributed by atoms with Crippen molar-refractivity contribution >= 4 is 35.0 Å². The van der Waals surface area contributed by atoms with Gasteiger partial charge in [0.15, 0.2) is 0 Å². The average molecular weight is 287 g/mol. The lowest BCUT2D eigenvalue weighted by Crippen LogP contribution is -2.17. The quantitative estimate of drug-likeness (QED) is 0.790. The van der Waals surface area contributed by atoms with Crippen molar-refractivity contribution in [1.82, 2.24) is 0 Å². The van der Waals surface area contributed by atoms with E-state index in [0.717, 1.165) is 23.4 Å². The Hall–Kier alpha value is -0.710. The van der Waals surface area contributed by atoms with E-state index < -0.39 is 0 Å². The number of amides is 1. The molecule has 1 amide bonds. The van der Waals surface area contributed by atoms with E-state index in [1.807, 2.05) is 26.0 Å². The normalized spacial score (nSPS) is 12.2. The molecule has 0 fully saturated rings. The first-order chi connectivity index (χ1) is 8.49. The van der Waals surface area contributed by atoms with Crippen LogP contribution >= 0.6 is 23.4 Å². The fourth-order valence-electron chi connectivity index (χ4n) is 1.30. The maximum absolute atomic E-state index is 11.6. The fourth-order valence-corrected chi connectivity index (χ4v) is 2.42. The third kappa shape index (κ3) is 5.76. The van der Waals surface area contributed by atoms with E-state index in [1.165, 1.54) is 0 Å². The Morgan fingerprint density at radius 1 is 1.56 bits per heavy atom. The SMILES string of the molecule is Cc1ccc(NC(=O)CSCCC(C)N)cc1Cl. The van der Waals surface area contributed by atoms with Crippen LogP contribution in [0.25, 0.3) is 0 Å². The molecule has 0 aliphatic rings. The molecule has 1 unspecified atom stereocenters. The number of carbonyl (C=O) groups is 1. The highest BCUT2D eigenvalue weighted by atomic mass is 35.5. The molecule has 0 saturated carbocycles. The van der Waals surface area contributed by atoms with Gasteiger partial charge >= 0.3 is 0 Å². The van der Waals surface area contributed by atoms with Crippen LogP contribution in [0, 0.1) is 6.92 Å². The van der Waals surface area contributed by atoms with Crippen LogP contribution in [0.15, 0.2) is 18.2 Å². The summed E-state index contributed by atoms with van der Waals surface area (Å²) in [4.78, 5) is 11.6. The largest absolute Gasteiger partial charge is 0.328 e. The van der Waals surface area contributed by atoms with Gasteiger partial charge in [0.25, 0.3) is 0 Å². The Morgan fingerprint density at radius 2 is 2.28 bits per heavy atom. The van der Waals surface area contributed by atoms with E-state index in [2.05, 4.69) is 5.32 Å². The summed E-state index contributed by atoms with van der Waals surface area (Å²) in [5.41, 5.74) is 7.38. The molecule has 3 nitrogen and oxygen atoms in total.